The maximum Gasteiger partial charge on any atom is 0.255 e. The molecule has 7 heteroatoms. The third-order valence-electron chi connectivity index (χ3n) is 5.42. The number of carbonyl (C=O) groups excluding carboxylic acids is 1. The van der Waals surface area contributed by atoms with Crippen LogP contribution >= 0.6 is 0 Å². The van der Waals surface area contributed by atoms with Crippen LogP contribution < -0.4 is 5.32 Å². The molecule has 2 aromatic carbocycles. The summed E-state index contributed by atoms with van der Waals surface area (Å²) in [5.41, 5.74) is 3.68. The van der Waals surface area contributed by atoms with Crippen LogP contribution in [0, 0.1) is 12.7 Å². The molecule has 0 aliphatic carbocycles. The normalized spacial score (nSPS) is 15.8. The number of halogens is 1. The van der Waals surface area contributed by atoms with E-state index in [4.69, 9.17) is 9.47 Å². The lowest BCUT2D eigenvalue weighted by atomic mass is 10.1. The van der Waals surface area contributed by atoms with Gasteiger partial charge in [-0.05, 0) is 56.5 Å². The molecule has 1 N–H and O–H groups in total. The fraction of sp³-hybridized carbons (Fsp3) is 0.360. The average molecular weight is 438 g/mol. The van der Waals surface area contributed by atoms with Crippen LogP contribution in [0.5, 0.6) is 0 Å². The van der Waals surface area contributed by atoms with E-state index >= 15 is 0 Å². The van der Waals surface area contributed by atoms with Crippen LogP contribution in [0.15, 0.2) is 54.7 Å². The van der Waals surface area contributed by atoms with Gasteiger partial charge in [-0.15, -0.1) is 0 Å². The third-order valence-corrected chi connectivity index (χ3v) is 5.42. The Kier molecular flexibility index (Phi) is 7.29. The molecule has 1 atom stereocenters. The van der Waals surface area contributed by atoms with E-state index in [0.717, 1.165) is 30.6 Å². The van der Waals surface area contributed by atoms with Crippen molar-refractivity contribution in [2.75, 3.05) is 26.4 Å². The number of rotatable bonds is 9. The quantitative estimate of drug-likeness (QED) is 0.507. The number of ether oxygens (including phenoxy) is 2. The molecule has 168 valence electrons. The lowest BCUT2D eigenvalue weighted by Gasteiger charge is -2.10. The van der Waals surface area contributed by atoms with Crippen LogP contribution in [-0.4, -0.2) is 48.2 Å². The molecule has 6 nitrogen and oxygen atoms in total. The van der Waals surface area contributed by atoms with Gasteiger partial charge in [0.15, 0.2) is 0 Å². The summed E-state index contributed by atoms with van der Waals surface area (Å²) in [6.45, 7) is 4.49. The second-order valence-electron chi connectivity index (χ2n) is 8.00. The summed E-state index contributed by atoms with van der Waals surface area (Å²) in [6, 6.07) is 13.9. The maximum absolute atomic E-state index is 13.3. The standard InChI is InChI=1S/C25H28FN3O3/c1-18-5-2-6-19(15-18)24-23(16-29(28-24)21-10-8-20(26)9-11-21)25(30)27-12-4-13-31-17-22-7-3-14-32-22/h2,5-6,8-11,15-16,22H,3-4,7,12-14,17H2,1H3,(H,27,30). The Labute approximate surface area is 187 Å². The summed E-state index contributed by atoms with van der Waals surface area (Å²) in [6.07, 6.45) is 4.76. The molecule has 1 saturated heterocycles. The van der Waals surface area contributed by atoms with Crippen molar-refractivity contribution in [1.29, 1.82) is 0 Å². The topological polar surface area (TPSA) is 65.4 Å². The third kappa shape index (κ3) is 5.60. The fourth-order valence-electron chi connectivity index (χ4n) is 3.73. The van der Waals surface area contributed by atoms with Gasteiger partial charge in [-0.3, -0.25) is 4.79 Å². The number of carbonyl (C=O) groups is 1. The Morgan fingerprint density at radius 1 is 1.28 bits per heavy atom. The molecule has 1 aromatic heterocycles. The monoisotopic (exact) mass is 437 g/mol. The van der Waals surface area contributed by atoms with Crippen LogP contribution in [0.4, 0.5) is 4.39 Å². The highest BCUT2D eigenvalue weighted by molar-refractivity contribution is 6.00. The van der Waals surface area contributed by atoms with Gasteiger partial charge in [0.05, 0.1) is 24.0 Å². The molecular weight excluding hydrogens is 409 g/mol. The van der Waals surface area contributed by atoms with Crippen LogP contribution in [0.3, 0.4) is 0 Å². The van der Waals surface area contributed by atoms with Crippen molar-refractivity contribution >= 4 is 5.91 Å². The predicted molar refractivity (Wildman–Crippen MR) is 120 cm³/mol. The van der Waals surface area contributed by atoms with Crippen LogP contribution in [-0.2, 0) is 9.47 Å². The number of hydrogen-bond acceptors (Lipinski definition) is 4. The molecule has 0 radical (unpaired) electrons. The zero-order valence-corrected chi connectivity index (χ0v) is 18.2. The summed E-state index contributed by atoms with van der Waals surface area (Å²) in [5.74, 6) is -0.520. The molecule has 0 spiro atoms. The van der Waals surface area contributed by atoms with Gasteiger partial charge in [-0.2, -0.15) is 5.10 Å². The largest absolute Gasteiger partial charge is 0.379 e. The Balaban J connectivity index is 1.43. The minimum atomic E-state index is -0.320. The first-order valence-corrected chi connectivity index (χ1v) is 11.0. The first-order valence-electron chi connectivity index (χ1n) is 11.0. The Morgan fingerprint density at radius 2 is 2.12 bits per heavy atom. The van der Waals surface area contributed by atoms with Gasteiger partial charge in [-0.1, -0.05) is 23.8 Å². The van der Waals surface area contributed by atoms with E-state index in [1.807, 2.05) is 31.2 Å². The van der Waals surface area contributed by atoms with Gasteiger partial charge in [-0.25, -0.2) is 9.07 Å². The molecule has 1 fully saturated rings. The van der Waals surface area contributed by atoms with Gasteiger partial charge in [0.2, 0.25) is 0 Å². The summed E-state index contributed by atoms with van der Waals surface area (Å²) in [7, 11) is 0. The number of nitrogens with zero attached hydrogens (tertiary/aromatic N) is 2. The molecule has 1 unspecified atom stereocenters. The number of amides is 1. The van der Waals surface area contributed by atoms with Crippen molar-refractivity contribution in [2.45, 2.75) is 32.3 Å². The van der Waals surface area contributed by atoms with E-state index < -0.39 is 0 Å². The SMILES string of the molecule is Cc1cccc(-c2nn(-c3ccc(F)cc3)cc2C(=O)NCCCOCC2CCCO2)c1. The molecule has 0 bridgehead atoms. The van der Waals surface area contributed by atoms with Crippen molar-refractivity contribution in [1.82, 2.24) is 15.1 Å². The molecule has 1 aliphatic rings. The second-order valence-corrected chi connectivity index (χ2v) is 8.00. The Hall–Kier alpha value is -3.03. The fourth-order valence-corrected chi connectivity index (χ4v) is 3.73. The summed E-state index contributed by atoms with van der Waals surface area (Å²) >= 11 is 0. The zero-order valence-electron chi connectivity index (χ0n) is 18.2. The number of nitrogens with one attached hydrogen (secondary N) is 1. The second kappa shape index (κ2) is 10.5. The zero-order chi connectivity index (χ0) is 22.3. The molecule has 2 heterocycles. The van der Waals surface area contributed by atoms with E-state index in [9.17, 15) is 9.18 Å². The van der Waals surface area contributed by atoms with Crippen molar-refractivity contribution in [3.05, 3.63) is 71.7 Å². The van der Waals surface area contributed by atoms with Gasteiger partial charge in [0, 0.05) is 31.5 Å². The minimum Gasteiger partial charge on any atom is -0.379 e. The van der Waals surface area contributed by atoms with E-state index in [1.165, 1.54) is 12.1 Å². The van der Waals surface area contributed by atoms with Crippen molar-refractivity contribution < 1.29 is 18.7 Å². The van der Waals surface area contributed by atoms with Gasteiger partial charge < -0.3 is 14.8 Å². The molecule has 32 heavy (non-hydrogen) atoms. The van der Waals surface area contributed by atoms with E-state index in [2.05, 4.69) is 10.4 Å². The molecule has 1 amide bonds. The van der Waals surface area contributed by atoms with Crippen molar-refractivity contribution in [3.8, 4) is 16.9 Å². The minimum absolute atomic E-state index is 0.200. The maximum atomic E-state index is 13.3. The van der Waals surface area contributed by atoms with Crippen LogP contribution in [0.25, 0.3) is 16.9 Å². The van der Waals surface area contributed by atoms with Gasteiger partial charge in [0.1, 0.15) is 11.5 Å². The predicted octanol–water partition coefficient (Wildman–Crippen LogP) is 4.30. The number of aryl methyl sites for hydroxylation is 1. The summed E-state index contributed by atoms with van der Waals surface area (Å²) in [4.78, 5) is 13.0. The van der Waals surface area contributed by atoms with Crippen molar-refractivity contribution in [3.63, 3.8) is 0 Å². The lowest BCUT2D eigenvalue weighted by Crippen LogP contribution is -2.26. The summed E-state index contributed by atoms with van der Waals surface area (Å²) < 4.78 is 26.1. The van der Waals surface area contributed by atoms with Crippen LogP contribution in [0.2, 0.25) is 0 Å². The van der Waals surface area contributed by atoms with Gasteiger partial charge in [0.25, 0.3) is 5.91 Å². The van der Waals surface area contributed by atoms with Crippen molar-refractivity contribution in [2.24, 2.45) is 0 Å². The molecule has 4 rings (SSSR count). The molecule has 3 aromatic rings. The number of hydrogen-bond donors (Lipinski definition) is 1. The first kappa shape index (κ1) is 22.2. The van der Waals surface area contributed by atoms with Crippen LogP contribution in [0.1, 0.15) is 35.2 Å². The first-order chi connectivity index (χ1) is 15.6. The number of benzene rings is 2. The highest BCUT2D eigenvalue weighted by Crippen LogP contribution is 2.25. The highest BCUT2D eigenvalue weighted by atomic mass is 19.1. The van der Waals surface area contributed by atoms with E-state index in [0.29, 0.717) is 43.1 Å². The average Bonchev–Trinajstić information content (AvgIpc) is 3.47. The van der Waals surface area contributed by atoms with E-state index in [1.54, 1.807) is 23.0 Å². The van der Waals surface area contributed by atoms with Gasteiger partial charge >= 0.3 is 0 Å². The highest BCUT2D eigenvalue weighted by Gasteiger charge is 2.19. The summed E-state index contributed by atoms with van der Waals surface area (Å²) in [5, 5.41) is 7.60. The molecular formula is C25H28FN3O3. The molecule has 0 saturated carbocycles. The Bertz CT molecular complexity index is 1040. The lowest BCUT2D eigenvalue weighted by molar-refractivity contribution is 0.0166. The smallest absolute Gasteiger partial charge is 0.255 e. The van der Waals surface area contributed by atoms with E-state index in [-0.39, 0.29) is 17.8 Å². The molecule has 1 aliphatic heterocycles. The Morgan fingerprint density at radius 3 is 2.88 bits per heavy atom. The number of aromatic nitrogens is 2.